The third-order valence-electron chi connectivity index (χ3n) is 9.70. The normalized spacial score (nSPS) is 16.5. The van der Waals surface area contributed by atoms with Gasteiger partial charge in [0.15, 0.2) is 0 Å². The van der Waals surface area contributed by atoms with Crippen molar-refractivity contribution in [3.05, 3.63) is 108 Å². The molecule has 0 radical (unpaired) electrons. The summed E-state index contributed by atoms with van der Waals surface area (Å²) in [4.78, 5) is 25.2. The lowest BCUT2D eigenvalue weighted by Crippen LogP contribution is -2.49. The van der Waals surface area contributed by atoms with Gasteiger partial charge in [-0.05, 0) is 36.4 Å². The monoisotopic (exact) mass is 848 g/mol. The fourth-order valence-corrected chi connectivity index (χ4v) is 8.93. The van der Waals surface area contributed by atoms with Crippen LogP contribution in [0.15, 0.2) is 127 Å². The summed E-state index contributed by atoms with van der Waals surface area (Å²) in [6, 6.07) is 34.3. The molecule has 4 heterocycles. The number of amidine groups is 2. The van der Waals surface area contributed by atoms with Crippen molar-refractivity contribution in [2.24, 2.45) is 9.98 Å². The van der Waals surface area contributed by atoms with Crippen LogP contribution in [0.25, 0.3) is 0 Å². The highest BCUT2D eigenvalue weighted by Gasteiger charge is 2.26. The van der Waals surface area contributed by atoms with Crippen LogP contribution in [-0.4, -0.2) is 123 Å². The van der Waals surface area contributed by atoms with Crippen molar-refractivity contribution in [1.82, 2.24) is 19.6 Å². The molecule has 0 N–H and O–H groups in total. The summed E-state index contributed by atoms with van der Waals surface area (Å²) in [5.41, 5.74) is 4.58. The molecular formula is C40H48Cl4N6O2S2. The van der Waals surface area contributed by atoms with E-state index in [1.54, 1.807) is 0 Å². The van der Waals surface area contributed by atoms with Crippen molar-refractivity contribution in [3.63, 3.8) is 0 Å². The fourth-order valence-electron chi connectivity index (χ4n) is 6.90. The average Bonchev–Trinajstić information content (AvgIpc) is 3.44. The van der Waals surface area contributed by atoms with Gasteiger partial charge in [-0.2, -0.15) is 0 Å². The summed E-state index contributed by atoms with van der Waals surface area (Å²) in [5.74, 6) is 2.19. The minimum atomic E-state index is 0. The van der Waals surface area contributed by atoms with Crippen LogP contribution < -0.4 is 0 Å². The molecule has 0 aliphatic carbocycles. The molecule has 0 bridgehead atoms. The number of ether oxygens (including phenoxy) is 2. The number of fused-ring (bicyclic) bond motifs is 4. The molecule has 8 nitrogen and oxygen atoms in total. The zero-order valence-corrected chi connectivity index (χ0v) is 35.0. The molecule has 2 saturated heterocycles. The first-order chi connectivity index (χ1) is 24.8. The third-order valence-corrected chi connectivity index (χ3v) is 12.0. The Balaban J connectivity index is 0.00000162. The molecule has 14 heteroatoms. The predicted molar refractivity (Wildman–Crippen MR) is 233 cm³/mol. The van der Waals surface area contributed by atoms with Crippen LogP contribution in [0.4, 0.5) is 11.4 Å². The Hall–Kier alpha value is -2.48. The van der Waals surface area contributed by atoms with Crippen LogP contribution >= 0.6 is 73.2 Å². The summed E-state index contributed by atoms with van der Waals surface area (Å²) < 4.78 is 12.0. The van der Waals surface area contributed by atoms with Gasteiger partial charge in [0.1, 0.15) is 11.7 Å². The lowest BCUT2D eigenvalue weighted by Gasteiger charge is -2.36. The van der Waals surface area contributed by atoms with E-state index in [0.717, 1.165) is 102 Å². The van der Waals surface area contributed by atoms with Crippen molar-refractivity contribution in [3.8, 4) is 0 Å². The van der Waals surface area contributed by atoms with Gasteiger partial charge in [-0.3, -0.25) is 9.80 Å². The zero-order valence-electron chi connectivity index (χ0n) is 30.1. The van der Waals surface area contributed by atoms with Gasteiger partial charge in [-0.1, -0.05) is 84.2 Å². The Morgan fingerprint density at radius 2 is 0.778 bits per heavy atom. The molecule has 0 aromatic heterocycles. The molecule has 4 aromatic rings. The highest BCUT2D eigenvalue weighted by molar-refractivity contribution is 7.99. The Kier molecular flexibility index (Phi) is 17.8. The highest BCUT2D eigenvalue weighted by atomic mass is 35.5. The van der Waals surface area contributed by atoms with Gasteiger partial charge in [0.05, 0.1) is 37.8 Å². The SMILES string of the molecule is Cl.Cl.Cl.Cl.c1ccc2c(c1)N=C(N1CCN(CCOCCOCCN3CCN(C4=Nc5ccccc5Sc5ccccc54)CC3)CC1)c1ccccc1S2. The van der Waals surface area contributed by atoms with Crippen molar-refractivity contribution < 1.29 is 9.47 Å². The number of nitrogens with zero attached hydrogens (tertiary/aromatic N) is 6. The van der Waals surface area contributed by atoms with Gasteiger partial charge in [0.2, 0.25) is 0 Å². The molecule has 4 aliphatic heterocycles. The summed E-state index contributed by atoms with van der Waals surface area (Å²) >= 11 is 3.63. The van der Waals surface area contributed by atoms with Crippen molar-refractivity contribution in [2.75, 3.05) is 91.9 Å². The lowest BCUT2D eigenvalue weighted by molar-refractivity contribution is 0.0255. The van der Waals surface area contributed by atoms with E-state index in [0.29, 0.717) is 13.2 Å². The smallest absolute Gasteiger partial charge is 0.137 e. The lowest BCUT2D eigenvalue weighted by atomic mass is 10.1. The molecule has 290 valence electrons. The van der Waals surface area contributed by atoms with Crippen LogP contribution in [0.5, 0.6) is 0 Å². The van der Waals surface area contributed by atoms with E-state index in [1.165, 1.54) is 30.7 Å². The maximum Gasteiger partial charge on any atom is 0.137 e. The Morgan fingerprint density at radius 1 is 0.426 bits per heavy atom. The topological polar surface area (TPSA) is 56.1 Å². The van der Waals surface area contributed by atoms with Crippen LogP contribution in [0.3, 0.4) is 0 Å². The average molecular weight is 851 g/mol. The van der Waals surface area contributed by atoms with Gasteiger partial charge >= 0.3 is 0 Å². The Labute approximate surface area is 352 Å². The summed E-state index contributed by atoms with van der Waals surface area (Å²) in [5, 5.41) is 0. The van der Waals surface area contributed by atoms with E-state index in [2.05, 4.69) is 117 Å². The molecule has 4 aromatic carbocycles. The van der Waals surface area contributed by atoms with Crippen LogP contribution in [-0.2, 0) is 9.47 Å². The number of hydrogen-bond donors (Lipinski definition) is 0. The first-order valence-corrected chi connectivity index (χ1v) is 19.4. The fraction of sp³-hybridized carbons (Fsp3) is 0.350. The van der Waals surface area contributed by atoms with E-state index < -0.39 is 0 Å². The molecule has 4 aliphatic rings. The van der Waals surface area contributed by atoms with Crippen LogP contribution in [0, 0.1) is 0 Å². The number of halogens is 4. The standard InChI is InChI=1S/C40H44N6O2S2.4ClH/c1-5-13-35-31(9-1)39(41-33-11-3-7-15-37(33)49-35)45-21-17-43(18-22-45)25-27-47-29-30-48-28-26-44-19-23-46(24-20-44)40-32-10-2-6-14-36(32)50-38-16-8-4-12-34(38)42-40;;;;/h1-16H,17-30H2;4*1H. The Morgan fingerprint density at radius 3 is 1.19 bits per heavy atom. The number of para-hydroxylation sites is 2. The molecule has 0 saturated carbocycles. The Bertz CT molecular complexity index is 1720. The second-order valence-corrected chi connectivity index (χ2v) is 15.1. The zero-order chi connectivity index (χ0) is 33.5. The van der Waals surface area contributed by atoms with E-state index >= 15 is 0 Å². The van der Waals surface area contributed by atoms with Crippen molar-refractivity contribution in [1.29, 1.82) is 0 Å². The molecule has 0 amide bonds. The van der Waals surface area contributed by atoms with Gasteiger partial charge in [0.25, 0.3) is 0 Å². The summed E-state index contributed by atoms with van der Waals surface area (Å²) in [6.45, 7) is 12.5. The van der Waals surface area contributed by atoms with E-state index in [9.17, 15) is 0 Å². The van der Waals surface area contributed by atoms with Crippen molar-refractivity contribution >= 4 is 96.2 Å². The molecular weight excluding hydrogens is 802 g/mol. The first kappa shape index (κ1) is 44.2. The molecule has 0 unspecified atom stereocenters. The quantitative estimate of drug-likeness (QED) is 0.156. The van der Waals surface area contributed by atoms with Crippen molar-refractivity contribution in [2.45, 2.75) is 19.6 Å². The molecule has 0 atom stereocenters. The highest BCUT2D eigenvalue weighted by Crippen LogP contribution is 2.41. The van der Waals surface area contributed by atoms with Crippen LogP contribution in [0.2, 0.25) is 0 Å². The van der Waals surface area contributed by atoms with Gasteiger partial charge < -0.3 is 19.3 Å². The van der Waals surface area contributed by atoms with E-state index in [-0.39, 0.29) is 49.6 Å². The maximum absolute atomic E-state index is 5.98. The minimum Gasteiger partial charge on any atom is -0.378 e. The van der Waals surface area contributed by atoms with E-state index in [1.807, 2.05) is 23.5 Å². The van der Waals surface area contributed by atoms with Gasteiger partial charge in [-0.15, -0.1) is 49.6 Å². The maximum atomic E-state index is 5.98. The largest absolute Gasteiger partial charge is 0.378 e. The van der Waals surface area contributed by atoms with Gasteiger partial charge in [-0.25, -0.2) is 9.98 Å². The van der Waals surface area contributed by atoms with E-state index in [4.69, 9.17) is 19.5 Å². The van der Waals surface area contributed by atoms with Gasteiger partial charge in [0, 0.05) is 96.2 Å². The second-order valence-electron chi connectivity index (χ2n) is 12.9. The minimum absolute atomic E-state index is 0. The summed E-state index contributed by atoms with van der Waals surface area (Å²) in [7, 11) is 0. The molecule has 2 fully saturated rings. The molecule has 0 spiro atoms. The predicted octanol–water partition coefficient (Wildman–Crippen LogP) is 8.43. The number of aliphatic imine (C=N–C) groups is 2. The number of rotatable bonds is 9. The number of piperazine rings is 2. The number of hydrogen-bond acceptors (Lipinski definition) is 10. The molecule has 8 rings (SSSR count). The first-order valence-electron chi connectivity index (χ1n) is 17.8. The third kappa shape index (κ3) is 10.7. The second kappa shape index (κ2) is 21.7. The number of benzene rings is 4. The molecule has 54 heavy (non-hydrogen) atoms. The summed E-state index contributed by atoms with van der Waals surface area (Å²) in [6.07, 6.45) is 0. The van der Waals surface area contributed by atoms with Crippen LogP contribution in [0.1, 0.15) is 11.1 Å².